The van der Waals surface area contributed by atoms with Gasteiger partial charge in [-0.15, -0.1) is 0 Å². The van der Waals surface area contributed by atoms with Gasteiger partial charge in [0.05, 0.1) is 5.92 Å². The Bertz CT molecular complexity index is 193. The molecule has 4 heteroatoms. The molecule has 0 aromatic rings. The van der Waals surface area contributed by atoms with Crippen LogP contribution in [0.3, 0.4) is 0 Å². The lowest BCUT2D eigenvalue weighted by atomic mass is 9.82. The van der Waals surface area contributed by atoms with Gasteiger partial charge in [0.25, 0.3) is 5.97 Å². The van der Waals surface area contributed by atoms with Crippen molar-refractivity contribution in [1.29, 1.82) is 0 Å². The van der Waals surface area contributed by atoms with E-state index in [1.807, 2.05) is 0 Å². The van der Waals surface area contributed by atoms with Gasteiger partial charge in [0, 0.05) is 0 Å². The molecule has 0 aromatic carbocycles. The van der Waals surface area contributed by atoms with E-state index in [2.05, 4.69) is 12.2 Å². The van der Waals surface area contributed by atoms with Crippen molar-refractivity contribution < 1.29 is 9.45 Å². The number of piperidine rings is 1. The van der Waals surface area contributed by atoms with Gasteiger partial charge in [0.2, 0.25) is 0 Å². The highest BCUT2D eigenvalue weighted by Crippen LogP contribution is 2.27. The summed E-state index contributed by atoms with van der Waals surface area (Å²) in [6.45, 7) is 4.26. The summed E-state index contributed by atoms with van der Waals surface area (Å²) in [6.07, 6.45) is 5.50. The molecule has 0 amide bonds. The third-order valence-corrected chi connectivity index (χ3v) is 3.33. The van der Waals surface area contributed by atoms with Crippen LogP contribution < -0.4 is 5.32 Å². The standard InChI is InChI=1S/C11H22BNO2/c1-2-3-4-10(11(14)15-12)9-5-7-13-8-6-9/h9-10,13H,2-8,12H2,1H3. The van der Waals surface area contributed by atoms with Crippen molar-refractivity contribution in [3.63, 3.8) is 0 Å². The molecule has 15 heavy (non-hydrogen) atoms. The number of rotatable bonds is 5. The largest absolute Gasteiger partial charge is 0.543 e. The number of hydrogen-bond donors (Lipinski definition) is 1. The summed E-state index contributed by atoms with van der Waals surface area (Å²) >= 11 is 0. The van der Waals surface area contributed by atoms with Crippen molar-refractivity contribution in [1.82, 2.24) is 5.32 Å². The van der Waals surface area contributed by atoms with E-state index in [4.69, 9.17) is 4.65 Å². The highest BCUT2D eigenvalue weighted by Gasteiger charge is 2.29. The molecule has 1 heterocycles. The molecular weight excluding hydrogens is 189 g/mol. The lowest BCUT2D eigenvalue weighted by molar-refractivity contribution is -0.141. The number of unbranched alkanes of at least 4 members (excludes halogenated alkanes) is 1. The predicted octanol–water partition coefficient (Wildman–Crippen LogP) is 0.884. The Labute approximate surface area is 93.4 Å². The van der Waals surface area contributed by atoms with Crippen LogP contribution in [-0.2, 0) is 9.45 Å². The second-order valence-electron chi connectivity index (χ2n) is 4.36. The monoisotopic (exact) mass is 211 g/mol. The van der Waals surface area contributed by atoms with Crippen LogP contribution in [0.1, 0.15) is 39.0 Å². The minimum Gasteiger partial charge on any atom is -0.543 e. The van der Waals surface area contributed by atoms with E-state index in [-0.39, 0.29) is 11.9 Å². The van der Waals surface area contributed by atoms with E-state index in [1.165, 1.54) is 8.05 Å². The van der Waals surface area contributed by atoms with E-state index >= 15 is 0 Å². The molecule has 0 saturated carbocycles. The molecule has 1 unspecified atom stereocenters. The molecule has 1 saturated heterocycles. The Morgan fingerprint density at radius 2 is 2.20 bits per heavy atom. The second-order valence-corrected chi connectivity index (χ2v) is 4.36. The maximum Gasteiger partial charge on any atom is 0.325 e. The molecule has 1 atom stereocenters. The number of carbonyl (C=O) groups excluding carboxylic acids is 1. The van der Waals surface area contributed by atoms with Crippen molar-refractivity contribution in [2.45, 2.75) is 39.0 Å². The molecule has 1 aliphatic rings. The molecule has 1 fully saturated rings. The third kappa shape index (κ3) is 3.86. The molecule has 0 spiro atoms. The van der Waals surface area contributed by atoms with E-state index < -0.39 is 0 Å². The van der Waals surface area contributed by atoms with Gasteiger partial charge < -0.3 is 9.97 Å². The molecular formula is C11H22BNO2. The molecule has 1 rings (SSSR count). The molecule has 0 radical (unpaired) electrons. The van der Waals surface area contributed by atoms with Crippen LogP contribution in [0, 0.1) is 11.8 Å². The Morgan fingerprint density at radius 1 is 1.53 bits per heavy atom. The Morgan fingerprint density at radius 3 is 2.73 bits per heavy atom. The minimum absolute atomic E-state index is 0.00431. The number of carbonyl (C=O) groups is 1. The summed E-state index contributed by atoms with van der Waals surface area (Å²) in [5, 5.41) is 3.33. The van der Waals surface area contributed by atoms with Crippen LogP contribution in [0.25, 0.3) is 0 Å². The minimum atomic E-state index is -0.00431. The van der Waals surface area contributed by atoms with Crippen LogP contribution in [0.4, 0.5) is 0 Å². The Kier molecular flexibility index (Phi) is 5.77. The fraction of sp³-hybridized carbons (Fsp3) is 0.909. The van der Waals surface area contributed by atoms with Crippen molar-refractivity contribution >= 4 is 14.0 Å². The molecule has 0 aliphatic carbocycles. The maximum absolute atomic E-state index is 11.7. The van der Waals surface area contributed by atoms with Gasteiger partial charge in [-0.25, -0.2) is 0 Å². The lowest BCUT2D eigenvalue weighted by Crippen LogP contribution is -2.35. The normalized spacial score (nSPS) is 19.8. The van der Waals surface area contributed by atoms with Gasteiger partial charge in [0.1, 0.15) is 0 Å². The van der Waals surface area contributed by atoms with Crippen molar-refractivity contribution in [2.24, 2.45) is 11.8 Å². The zero-order chi connectivity index (χ0) is 11.1. The van der Waals surface area contributed by atoms with Crippen molar-refractivity contribution in [3.05, 3.63) is 0 Å². The summed E-state index contributed by atoms with van der Waals surface area (Å²) in [6, 6.07) is 0. The average molecular weight is 211 g/mol. The van der Waals surface area contributed by atoms with E-state index in [9.17, 15) is 4.79 Å². The van der Waals surface area contributed by atoms with Gasteiger partial charge in [-0.3, -0.25) is 4.79 Å². The first-order valence-corrected chi connectivity index (χ1v) is 6.08. The van der Waals surface area contributed by atoms with E-state index in [0.717, 1.165) is 45.2 Å². The van der Waals surface area contributed by atoms with Crippen LogP contribution >= 0.6 is 0 Å². The summed E-state index contributed by atoms with van der Waals surface area (Å²) in [4.78, 5) is 11.7. The third-order valence-electron chi connectivity index (χ3n) is 3.33. The molecule has 1 N–H and O–H groups in total. The summed E-state index contributed by atoms with van der Waals surface area (Å²) < 4.78 is 4.90. The summed E-state index contributed by atoms with van der Waals surface area (Å²) in [7, 11) is 1.50. The van der Waals surface area contributed by atoms with Crippen molar-refractivity contribution in [3.8, 4) is 0 Å². The molecule has 1 aliphatic heterocycles. The highest BCUT2D eigenvalue weighted by molar-refractivity contribution is 6.05. The Balaban J connectivity index is 2.49. The smallest absolute Gasteiger partial charge is 0.325 e. The fourth-order valence-corrected chi connectivity index (χ4v) is 2.37. The van der Waals surface area contributed by atoms with Crippen LogP contribution in [0.15, 0.2) is 0 Å². The first-order chi connectivity index (χ1) is 7.29. The SMILES string of the molecule is BOC(=O)C(CCCC)C1CCNCC1. The molecule has 0 bridgehead atoms. The number of nitrogens with one attached hydrogen (secondary N) is 1. The predicted molar refractivity (Wildman–Crippen MR) is 63.2 cm³/mol. The highest BCUT2D eigenvalue weighted by atomic mass is 16.5. The van der Waals surface area contributed by atoms with Gasteiger partial charge in [0.15, 0.2) is 0 Å². The number of hydrogen-bond acceptors (Lipinski definition) is 3. The quantitative estimate of drug-likeness (QED) is 0.686. The second kappa shape index (κ2) is 6.88. The zero-order valence-corrected chi connectivity index (χ0v) is 9.92. The van der Waals surface area contributed by atoms with Gasteiger partial charge >= 0.3 is 8.05 Å². The summed E-state index contributed by atoms with van der Waals surface area (Å²) in [5.74, 6) is 0.664. The van der Waals surface area contributed by atoms with Crippen LogP contribution in [0.5, 0.6) is 0 Å². The molecule has 0 aromatic heterocycles. The Hall–Kier alpha value is -0.505. The maximum atomic E-state index is 11.7. The first-order valence-electron chi connectivity index (χ1n) is 6.08. The van der Waals surface area contributed by atoms with Crippen LogP contribution in [-0.4, -0.2) is 27.1 Å². The van der Waals surface area contributed by atoms with Gasteiger partial charge in [-0.2, -0.15) is 0 Å². The average Bonchev–Trinajstić information content (AvgIpc) is 2.30. The van der Waals surface area contributed by atoms with Gasteiger partial charge in [-0.05, 0) is 38.3 Å². The summed E-state index contributed by atoms with van der Waals surface area (Å²) in [5.41, 5.74) is 0. The molecule has 86 valence electrons. The fourth-order valence-electron chi connectivity index (χ4n) is 2.37. The topological polar surface area (TPSA) is 38.3 Å². The van der Waals surface area contributed by atoms with Gasteiger partial charge in [-0.1, -0.05) is 19.8 Å². The zero-order valence-electron chi connectivity index (χ0n) is 9.92. The lowest BCUT2D eigenvalue weighted by Gasteiger charge is -2.29. The van der Waals surface area contributed by atoms with E-state index in [1.54, 1.807) is 0 Å². The molecule has 3 nitrogen and oxygen atoms in total. The van der Waals surface area contributed by atoms with Crippen LogP contribution in [0.2, 0.25) is 0 Å². The van der Waals surface area contributed by atoms with E-state index in [0.29, 0.717) is 5.92 Å². The van der Waals surface area contributed by atoms with Crippen molar-refractivity contribution in [2.75, 3.05) is 13.1 Å². The first kappa shape index (κ1) is 12.6.